The van der Waals surface area contributed by atoms with Crippen LogP contribution in [0.2, 0.25) is 0 Å². The van der Waals surface area contributed by atoms with Gasteiger partial charge in [0.15, 0.2) is 0 Å². The van der Waals surface area contributed by atoms with Crippen LogP contribution >= 0.6 is 0 Å². The molecule has 5 heteroatoms. The van der Waals surface area contributed by atoms with E-state index in [4.69, 9.17) is 9.84 Å². The van der Waals surface area contributed by atoms with E-state index in [9.17, 15) is 4.79 Å². The molecule has 21 heavy (non-hydrogen) atoms. The van der Waals surface area contributed by atoms with Crippen molar-refractivity contribution in [3.05, 3.63) is 0 Å². The van der Waals surface area contributed by atoms with Crippen LogP contribution in [0.15, 0.2) is 0 Å². The quantitative estimate of drug-likeness (QED) is 0.849. The van der Waals surface area contributed by atoms with E-state index in [1.54, 1.807) is 4.90 Å². The summed E-state index contributed by atoms with van der Waals surface area (Å²) in [5.74, 6) is 0.799. The van der Waals surface area contributed by atoms with Crippen LogP contribution < -0.4 is 0 Å². The van der Waals surface area contributed by atoms with Crippen molar-refractivity contribution in [2.75, 3.05) is 45.9 Å². The standard InChI is InChI=1S/C16H28N2O3/c19-15(20)18-8-5-16(6-9-18)4-1-7-17(13-16)12-14-2-10-21-11-3-14/h14H,1-13H2,(H,19,20). The molecule has 3 fully saturated rings. The van der Waals surface area contributed by atoms with Crippen molar-refractivity contribution < 1.29 is 14.6 Å². The third kappa shape index (κ3) is 3.69. The van der Waals surface area contributed by atoms with Crippen LogP contribution in [0.3, 0.4) is 0 Å². The van der Waals surface area contributed by atoms with Gasteiger partial charge in [-0.1, -0.05) is 0 Å². The Labute approximate surface area is 127 Å². The molecule has 0 bridgehead atoms. The second-order valence-corrected chi connectivity index (χ2v) is 7.16. The molecule has 1 N–H and O–H groups in total. The molecule has 3 aliphatic heterocycles. The van der Waals surface area contributed by atoms with Crippen molar-refractivity contribution in [2.24, 2.45) is 11.3 Å². The summed E-state index contributed by atoms with van der Waals surface area (Å²) >= 11 is 0. The zero-order chi connectivity index (χ0) is 14.7. The van der Waals surface area contributed by atoms with E-state index < -0.39 is 6.09 Å². The predicted octanol–water partition coefficient (Wildman–Crippen LogP) is 2.27. The summed E-state index contributed by atoms with van der Waals surface area (Å²) in [6, 6.07) is 0. The van der Waals surface area contributed by atoms with Gasteiger partial charge in [-0.2, -0.15) is 0 Å². The molecule has 0 atom stereocenters. The number of nitrogens with zero attached hydrogens (tertiary/aromatic N) is 2. The van der Waals surface area contributed by atoms with E-state index in [1.165, 1.54) is 45.3 Å². The molecule has 0 aromatic heterocycles. The predicted molar refractivity (Wildman–Crippen MR) is 80.5 cm³/mol. The SMILES string of the molecule is O=C(O)N1CCC2(CCCN(CC3CCOCC3)C2)CC1. The molecule has 3 heterocycles. The lowest BCUT2D eigenvalue weighted by molar-refractivity contribution is 0.00496. The van der Waals surface area contributed by atoms with Crippen molar-refractivity contribution in [2.45, 2.75) is 38.5 Å². The van der Waals surface area contributed by atoms with E-state index in [-0.39, 0.29) is 0 Å². The summed E-state index contributed by atoms with van der Waals surface area (Å²) in [6.45, 7) is 6.92. The van der Waals surface area contributed by atoms with Gasteiger partial charge in [0.25, 0.3) is 0 Å². The van der Waals surface area contributed by atoms with Gasteiger partial charge in [-0.05, 0) is 56.4 Å². The molecule has 1 amide bonds. The van der Waals surface area contributed by atoms with Crippen LogP contribution in [0.4, 0.5) is 4.79 Å². The van der Waals surface area contributed by atoms with Crippen LogP contribution in [0.1, 0.15) is 38.5 Å². The number of carbonyl (C=O) groups is 1. The monoisotopic (exact) mass is 296 g/mol. The van der Waals surface area contributed by atoms with Gasteiger partial charge in [0.05, 0.1) is 0 Å². The van der Waals surface area contributed by atoms with Gasteiger partial charge in [0, 0.05) is 39.4 Å². The Balaban J connectivity index is 1.52. The summed E-state index contributed by atoms with van der Waals surface area (Å²) in [6.07, 6.45) is 6.31. The van der Waals surface area contributed by atoms with E-state index in [0.717, 1.165) is 45.1 Å². The fourth-order valence-corrected chi connectivity index (χ4v) is 4.34. The summed E-state index contributed by atoms with van der Waals surface area (Å²) in [4.78, 5) is 15.3. The number of amides is 1. The average molecular weight is 296 g/mol. The largest absolute Gasteiger partial charge is 0.465 e. The Morgan fingerprint density at radius 2 is 1.86 bits per heavy atom. The summed E-state index contributed by atoms with van der Waals surface area (Å²) in [7, 11) is 0. The number of hydrogen-bond donors (Lipinski definition) is 1. The Bertz CT molecular complexity index is 361. The average Bonchev–Trinajstić information content (AvgIpc) is 2.49. The molecule has 0 radical (unpaired) electrons. The summed E-state index contributed by atoms with van der Waals surface area (Å²) < 4.78 is 5.45. The smallest absolute Gasteiger partial charge is 0.407 e. The lowest BCUT2D eigenvalue weighted by Crippen LogP contribution is -2.51. The Kier molecular flexibility index (Phi) is 4.69. The first-order valence-corrected chi connectivity index (χ1v) is 8.45. The van der Waals surface area contributed by atoms with E-state index in [2.05, 4.69) is 4.90 Å². The highest BCUT2D eigenvalue weighted by atomic mass is 16.5. The lowest BCUT2D eigenvalue weighted by Gasteiger charge is -2.48. The minimum atomic E-state index is -0.750. The van der Waals surface area contributed by atoms with Gasteiger partial charge in [0.1, 0.15) is 0 Å². The molecule has 0 aliphatic carbocycles. The molecule has 0 saturated carbocycles. The normalized spacial score (nSPS) is 27.9. The Morgan fingerprint density at radius 1 is 1.14 bits per heavy atom. The summed E-state index contributed by atoms with van der Waals surface area (Å²) in [5, 5.41) is 9.10. The minimum absolute atomic E-state index is 0.384. The first-order chi connectivity index (χ1) is 10.2. The molecular weight excluding hydrogens is 268 g/mol. The number of carboxylic acid groups (broad SMARTS) is 1. The van der Waals surface area contributed by atoms with E-state index in [0.29, 0.717) is 5.41 Å². The fraction of sp³-hybridized carbons (Fsp3) is 0.938. The van der Waals surface area contributed by atoms with E-state index >= 15 is 0 Å². The number of likely N-dealkylation sites (tertiary alicyclic amines) is 2. The van der Waals surface area contributed by atoms with Crippen LogP contribution in [0.5, 0.6) is 0 Å². The van der Waals surface area contributed by atoms with Crippen molar-refractivity contribution >= 4 is 6.09 Å². The van der Waals surface area contributed by atoms with Gasteiger partial charge in [-0.25, -0.2) is 4.79 Å². The maximum atomic E-state index is 11.1. The molecule has 3 rings (SSSR count). The highest BCUT2D eigenvalue weighted by Crippen LogP contribution is 2.40. The maximum Gasteiger partial charge on any atom is 0.407 e. The molecule has 0 unspecified atom stereocenters. The third-order valence-electron chi connectivity index (χ3n) is 5.69. The third-order valence-corrected chi connectivity index (χ3v) is 5.69. The first kappa shape index (κ1) is 15.1. The second kappa shape index (κ2) is 6.53. The number of ether oxygens (including phenoxy) is 1. The Hall–Kier alpha value is -0.810. The van der Waals surface area contributed by atoms with Crippen LogP contribution in [0, 0.1) is 11.3 Å². The maximum absolute atomic E-state index is 11.1. The van der Waals surface area contributed by atoms with Crippen LogP contribution in [-0.4, -0.2) is 66.9 Å². The number of rotatable bonds is 2. The molecular formula is C16H28N2O3. The van der Waals surface area contributed by atoms with Crippen molar-refractivity contribution in [3.8, 4) is 0 Å². The van der Waals surface area contributed by atoms with Gasteiger partial charge in [-0.3, -0.25) is 0 Å². The highest BCUT2D eigenvalue weighted by Gasteiger charge is 2.39. The Morgan fingerprint density at radius 3 is 2.52 bits per heavy atom. The number of piperidine rings is 2. The molecule has 0 aromatic carbocycles. The zero-order valence-electron chi connectivity index (χ0n) is 12.9. The molecule has 0 aromatic rings. The number of hydrogen-bond acceptors (Lipinski definition) is 3. The minimum Gasteiger partial charge on any atom is -0.465 e. The summed E-state index contributed by atoms with van der Waals surface area (Å²) in [5.41, 5.74) is 0.384. The van der Waals surface area contributed by atoms with Crippen molar-refractivity contribution in [1.82, 2.24) is 9.80 Å². The zero-order valence-corrected chi connectivity index (χ0v) is 12.9. The fourth-order valence-electron chi connectivity index (χ4n) is 4.34. The molecule has 1 spiro atoms. The second-order valence-electron chi connectivity index (χ2n) is 7.16. The molecule has 3 aliphatic rings. The highest BCUT2D eigenvalue weighted by molar-refractivity contribution is 5.65. The van der Waals surface area contributed by atoms with E-state index in [1.807, 2.05) is 0 Å². The van der Waals surface area contributed by atoms with Gasteiger partial charge in [0.2, 0.25) is 0 Å². The van der Waals surface area contributed by atoms with Crippen LogP contribution in [0.25, 0.3) is 0 Å². The molecule has 3 saturated heterocycles. The first-order valence-electron chi connectivity index (χ1n) is 8.45. The molecule has 5 nitrogen and oxygen atoms in total. The van der Waals surface area contributed by atoms with Crippen LogP contribution in [-0.2, 0) is 4.74 Å². The molecule has 120 valence electrons. The van der Waals surface area contributed by atoms with Gasteiger partial charge in [-0.15, -0.1) is 0 Å². The van der Waals surface area contributed by atoms with Gasteiger partial charge < -0.3 is 19.6 Å². The van der Waals surface area contributed by atoms with Crippen molar-refractivity contribution in [3.63, 3.8) is 0 Å². The topological polar surface area (TPSA) is 53.0 Å². The van der Waals surface area contributed by atoms with Crippen molar-refractivity contribution in [1.29, 1.82) is 0 Å². The van der Waals surface area contributed by atoms with Gasteiger partial charge >= 0.3 is 6.09 Å². The lowest BCUT2D eigenvalue weighted by atomic mass is 9.72.